The zero-order valence-electron chi connectivity index (χ0n) is 20.5. The van der Waals surface area contributed by atoms with Gasteiger partial charge in [-0.1, -0.05) is 69.3 Å². The van der Waals surface area contributed by atoms with Crippen LogP contribution in [0.25, 0.3) is 11.1 Å². The molecule has 1 saturated heterocycles. The lowest BCUT2D eigenvalue weighted by Gasteiger charge is -2.33. The van der Waals surface area contributed by atoms with Gasteiger partial charge in [-0.15, -0.1) is 0 Å². The van der Waals surface area contributed by atoms with Crippen LogP contribution in [0.3, 0.4) is 0 Å². The van der Waals surface area contributed by atoms with Gasteiger partial charge in [-0.2, -0.15) is 0 Å². The summed E-state index contributed by atoms with van der Waals surface area (Å²) in [5.41, 5.74) is 2.67. The minimum absolute atomic E-state index is 0.0592. The average molecular weight is 481 g/mol. The molecule has 0 saturated carbocycles. The molecule has 2 aromatic rings. The molecule has 186 valence electrons. The van der Waals surface area contributed by atoms with Crippen LogP contribution in [0.15, 0.2) is 48.5 Å². The summed E-state index contributed by atoms with van der Waals surface area (Å²) in [5, 5.41) is 15.0. The van der Waals surface area contributed by atoms with Gasteiger partial charge in [-0.25, -0.2) is 9.59 Å². The van der Waals surface area contributed by atoms with E-state index in [1.165, 1.54) is 0 Å². The minimum atomic E-state index is -1.13. The van der Waals surface area contributed by atoms with Gasteiger partial charge in [0.2, 0.25) is 5.91 Å². The molecule has 8 heteroatoms. The fraction of sp³-hybridized carbons (Fsp3) is 0.444. The number of carboxylic acid groups (broad SMARTS) is 1. The van der Waals surface area contributed by atoms with E-state index in [1.54, 1.807) is 27.7 Å². The number of benzene rings is 2. The molecule has 3 N–H and O–H groups in total. The number of carbonyl (C=O) groups excluding carboxylic acids is 2. The number of amides is 2. The molecule has 0 aromatic heterocycles. The van der Waals surface area contributed by atoms with E-state index in [0.717, 1.165) is 22.3 Å². The molecule has 8 nitrogen and oxygen atoms in total. The van der Waals surface area contributed by atoms with Crippen LogP contribution in [0.2, 0.25) is 0 Å². The van der Waals surface area contributed by atoms with Gasteiger partial charge in [0, 0.05) is 5.92 Å². The molecular formula is C27H32N2O6. The summed E-state index contributed by atoms with van der Waals surface area (Å²) in [6, 6.07) is 14.4. The highest BCUT2D eigenvalue weighted by Gasteiger charge is 2.49. The first-order chi connectivity index (χ1) is 16.5. The normalized spacial score (nSPS) is 22.1. The maximum atomic E-state index is 13.1. The highest BCUT2D eigenvalue weighted by molar-refractivity contribution is 5.89. The topological polar surface area (TPSA) is 114 Å². The molecule has 3 unspecified atom stereocenters. The monoisotopic (exact) mass is 480 g/mol. The van der Waals surface area contributed by atoms with Crippen LogP contribution in [-0.2, 0) is 19.1 Å². The predicted molar refractivity (Wildman–Crippen MR) is 130 cm³/mol. The van der Waals surface area contributed by atoms with E-state index in [1.807, 2.05) is 36.4 Å². The van der Waals surface area contributed by atoms with Crippen molar-refractivity contribution in [3.63, 3.8) is 0 Å². The molecular weight excluding hydrogens is 448 g/mol. The molecule has 0 bridgehead atoms. The van der Waals surface area contributed by atoms with Crippen molar-refractivity contribution >= 4 is 18.0 Å². The van der Waals surface area contributed by atoms with Crippen LogP contribution in [0.4, 0.5) is 4.79 Å². The maximum Gasteiger partial charge on any atom is 0.407 e. The van der Waals surface area contributed by atoms with E-state index in [-0.39, 0.29) is 25.7 Å². The summed E-state index contributed by atoms with van der Waals surface area (Å²) >= 11 is 0. The first kappa shape index (κ1) is 24.7. The van der Waals surface area contributed by atoms with Crippen LogP contribution in [-0.4, -0.2) is 55.0 Å². The molecule has 2 aromatic carbocycles. The number of aliphatic carboxylic acids is 1. The lowest BCUT2D eigenvalue weighted by atomic mass is 9.81. The zero-order chi connectivity index (χ0) is 25.4. The number of nitrogens with one attached hydrogen (secondary N) is 2. The Morgan fingerprint density at radius 1 is 1.09 bits per heavy atom. The molecule has 2 aliphatic rings. The first-order valence-corrected chi connectivity index (χ1v) is 11.8. The number of carboxylic acids is 1. The van der Waals surface area contributed by atoms with Crippen molar-refractivity contribution in [2.75, 3.05) is 19.8 Å². The third kappa shape index (κ3) is 4.75. The first-order valence-electron chi connectivity index (χ1n) is 11.8. The van der Waals surface area contributed by atoms with E-state index in [0.29, 0.717) is 0 Å². The summed E-state index contributed by atoms with van der Waals surface area (Å²) in [6.07, 6.45) is -0.646. The Morgan fingerprint density at radius 2 is 1.66 bits per heavy atom. The lowest BCUT2D eigenvalue weighted by molar-refractivity contribution is -0.147. The van der Waals surface area contributed by atoms with Gasteiger partial charge in [0.05, 0.1) is 24.7 Å². The van der Waals surface area contributed by atoms with Crippen molar-refractivity contribution in [3.05, 3.63) is 59.7 Å². The van der Waals surface area contributed by atoms with E-state index in [4.69, 9.17) is 9.47 Å². The Labute approximate surface area is 205 Å². The number of ether oxygens (including phenoxy) is 2. The van der Waals surface area contributed by atoms with Crippen molar-refractivity contribution in [2.45, 2.75) is 45.7 Å². The SMILES string of the molecule is CC(C)(C)C(NC(=O)C1(C)COCC1NC(=O)OCC1c2ccccc2-c2ccccc21)C(=O)O. The molecule has 35 heavy (non-hydrogen) atoms. The number of alkyl carbamates (subject to hydrolysis) is 1. The summed E-state index contributed by atoms with van der Waals surface area (Å²) in [4.78, 5) is 37.6. The highest BCUT2D eigenvalue weighted by Crippen LogP contribution is 2.44. The van der Waals surface area contributed by atoms with Crippen molar-refractivity contribution in [1.82, 2.24) is 10.6 Å². The molecule has 1 aliphatic heterocycles. The van der Waals surface area contributed by atoms with Crippen LogP contribution in [0.5, 0.6) is 0 Å². The Balaban J connectivity index is 1.42. The number of hydrogen-bond donors (Lipinski definition) is 3. The summed E-state index contributed by atoms with van der Waals surface area (Å²) in [6.45, 7) is 7.22. The van der Waals surface area contributed by atoms with Crippen molar-refractivity contribution in [1.29, 1.82) is 0 Å². The van der Waals surface area contributed by atoms with Gasteiger partial charge in [-0.05, 0) is 34.6 Å². The van der Waals surface area contributed by atoms with Crippen molar-refractivity contribution in [3.8, 4) is 11.1 Å². The quantitative estimate of drug-likeness (QED) is 0.583. The van der Waals surface area contributed by atoms with Gasteiger partial charge in [0.25, 0.3) is 0 Å². The van der Waals surface area contributed by atoms with Gasteiger partial charge in [0.1, 0.15) is 12.6 Å². The third-order valence-corrected chi connectivity index (χ3v) is 7.00. The van der Waals surface area contributed by atoms with Crippen LogP contribution >= 0.6 is 0 Å². The van der Waals surface area contributed by atoms with Crippen LogP contribution in [0.1, 0.15) is 44.7 Å². The van der Waals surface area contributed by atoms with E-state index >= 15 is 0 Å². The standard InChI is InChI=1S/C27H32N2O6/c1-26(2,3)22(23(30)31)29-24(32)27(4)15-34-14-21(27)28-25(33)35-13-20-18-11-7-5-9-16(18)17-10-6-8-12-19(17)20/h5-12,20-22H,13-15H2,1-4H3,(H,28,33)(H,29,32)(H,30,31). The molecule has 1 aliphatic carbocycles. The molecule has 0 radical (unpaired) electrons. The third-order valence-electron chi connectivity index (χ3n) is 7.00. The number of hydrogen-bond acceptors (Lipinski definition) is 5. The second-order valence-corrected chi connectivity index (χ2v) is 10.6. The van der Waals surface area contributed by atoms with Crippen LogP contribution < -0.4 is 10.6 Å². The van der Waals surface area contributed by atoms with E-state index < -0.39 is 40.9 Å². The van der Waals surface area contributed by atoms with E-state index in [9.17, 15) is 19.5 Å². The molecule has 2 amide bonds. The zero-order valence-corrected chi connectivity index (χ0v) is 20.5. The molecule has 3 atom stereocenters. The molecule has 1 fully saturated rings. The Hall–Kier alpha value is -3.39. The van der Waals surface area contributed by atoms with Gasteiger partial charge in [-0.3, -0.25) is 4.79 Å². The number of rotatable bonds is 6. The summed E-state index contributed by atoms with van der Waals surface area (Å²) in [7, 11) is 0. The summed E-state index contributed by atoms with van der Waals surface area (Å²) in [5.74, 6) is -1.68. The Kier molecular flexibility index (Phi) is 6.60. The molecule has 0 spiro atoms. The van der Waals surface area contributed by atoms with Gasteiger partial charge in [0.15, 0.2) is 0 Å². The second kappa shape index (κ2) is 9.34. The summed E-state index contributed by atoms with van der Waals surface area (Å²) < 4.78 is 11.1. The Morgan fingerprint density at radius 3 is 2.20 bits per heavy atom. The maximum absolute atomic E-state index is 13.1. The van der Waals surface area contributed by atoms with Crippen molar-refractivity contribution < 1.29 is 29.0 Å². The fourth-order valence-electron chi connectivity index (χ4n) is 4.83. The fourth-order valence-corrected chi connectivity index (χ4v) is 4.83. The number of fused-ring (bicyclic) bond motifs is 3. The van der Waals surface area contributed by atoms with Gasteiger partial charge >= 0.3 is 12.1 Å². The minimum Gasteiger partial charge on any atom is -0.480 e. The van der Waals surface area contributed by atoms with Crippen LogP contribution in [0, 0.1) is 10.8 Å². The van der Waals surface area contributed by atoms with Crippen molar-refractivity contribution in [2.24, 2.45) is 10.8 Å². The number of carbonyl (C=O) groups is 3. The lowest BCUT2D eigenvalue weighted by Crippen LogP contribution is -2.58. The molecule has 4 rings (SSSR count). The van der Waals surface area contributed by atoms with Gasteiger partial charge < -0.3 is 25.2 Å². The molecule has 1 heterocycles. The average Bonchev–Trinajstić information content (AvgIpc) is 3.33. The Bertz CT molecular complexity index is 1090. The highest BCUT2D eigenvalue weighted by atomic mass is 16.5. The smallest absolute Gasteiger partial charge is 0.407 e. The predicted octanol–water partition coefficient (Wildman–Crippen LogP) is 3.55. The van der Waals surface area contributed by atoms with E-state index in [2.05, 4.69) is 22.8 Å². The second-order valence-electron chi connectivity index (χ2n) is 10.6. The largest absolute Gasteiger partial charge is 0.480 e.